The predicted molar refractivity (Wildman–Crippen MR) is 99.1 cm³/mol. The highest BCUT2D eigenvalue weighted by Crippen LogP contribution is 2.26. The monoisotopic (exact) mass is 368 g/mol. The number of hydrazine groups is 1. The largest absolute Gasteiger partial charge is 0.347 e. The van der Waals surface area contributed by atoms with Crippen molar-refractivity contribution in [3.63, 3.8) is 0 Å². The molecule has 0 aliphatic carbocycles. The SMILES string of the molecule is CN(C)c1ncc(-c2cn(CC3CNNC3c3ccc(F)cc3)nn2)cn1. The summed E-state index contributed by atoms with van der Waals surface area (Å²) in [5, 5.41) is 8.48. The molecule has 0 bridgehead atoms. The number of nitrogens with zero attached hydrogens (tertiary/aromatic N) is 6. The van der Waals surface area contributed by atoms with Crippen LogP contribution in [0.25, 0.3) is 11.3 Å². The van der Waals surface area contributed by atoms with Crippen LogP contribution >= 0.6 is 0 Å². The average Bonchev–Trinajstić information content (AvgIpc) is 3.33. The van der Waals surface area contributed by atoms with Crippen LogP contribution in [-0.2, 0) is 6.54 Å². The van der Waals surface area contributed by atoms with Gasteiger partial charge in [0.1, 0.15) is 11.5 Å². The molecular formula is C18H21FN8. The summed E-state index contributed by atoms with van der Waals surface area (Å²) in [6.45, 7) is 1.48. The van der Waals surface area contributed by atoms with E-state index in [2.05, 4.69) is 31.1 Å². The van der Waals surface area contributed by atoms with Crippen LogP contribution in [-0.4, -0.2) is 45.6 Å². The average molecular weight is 368 g/mol. The molecule has 2 aromatic heterocycles. The van der Waals surface area contributed by atoms with E-state index in [9.17, 15) is 4.39 Å². The molecule has 140 valence electrons. The lowest BCUT2D eigenvalue weighted by molar-refractivity contribution is 0.389. The normalized spacial score (nSPS) is 19.4. The van der Waals surface area contributed by atoms with Crippen molar-refractivity contribution in [1.29, 1.82) is 0 Å². The zero-order chi connectivity index (χ0) is 18.8. The van der Waals surface area contributed by atoms with Crippen LogP contribution in [0.4, 0.5) is 10.3 Å². The fraction of sp³-hybridized carbons (Fsp3) is 0.333. The van der Waals surface area contributed by atoms with Gasteiger partial charge >= 0.3 is 0 Å². The van der Waals surface area contributed by atoms with Crippen molar-refractivity contribution < 1.29 is 4.39 Å². The van der Waals surface area contributed by atoms with E-state index in [-0.39, 0.29) is 17.8 Å². The number of aromatic nitrogens is 5. The molecule has 3 heterocycles. The summed E-state index contributed by atoms with van der Waals surface area (Å²) in [6, 6.07) is 6.67. The van der Waals surface area contributed by atoms with Gasteiger partial charge in [0.25, 0.3) is 0 Å². The number of rotatable bonds is 5. The number of halogens is 1. The van der Waals surface area contributed by atoms with Crippen molar-refractivity contribution in [2.45, 2.75) is 12.6 Å². The predicted octanol–water partition coefficient (Wildman–Crippen LogP) is 1.41. The van der Waals surface area contributed by atoms with E-state index >= 15 is 0 Å². The van der Waals surface area contributed by atoms with Gasteiger partial charge < -0.3 is 4.90 Å². The Kier molecular flexibility index (Phi) is 4.78. The van der Waals surface area contributed by atoms with E-state index < -0.39 is 0 Å². The zero-order valence-electron chi connectivity index (χ0n) is 15.2. The van der Waals surface area contributed by atoms with Crippen LogP contribution in [0.5, 0.6) is 0 Å². The minimum atomic E-state index is -0.232. The molecule has 0 saturated carbocycles. The molecule has 9 heteroatoms. The van der Waals surface area contributed by atoms with E-state index in [0.29, 0.717) is 12.5 Å². The fourth-order valence-corrected chi connectivity index (χ4v) is 3.18. The molecule has 0 spiro atoms. The van der Waals surface area contributed by atoms with E-state index in [1.165, 1.54) is 12.1 Å². The molecule has 0 amide bonds. The van der Waals surface area contributed by atoms with E-state index in [1.54, 1.807) is 12.4 Å². The van der Waals surface area contributed by atoms with Crippen LogP contribution in [0.3, 0.4) is 0 Å². The number of nitrogens with one attached hydrogen (secondary N) is 2. The van der Waals surface area contributed by atoms with Gasteiger partial charge in [-0.2, -0.15) is 0 Å². The van der Waals surface area contributed by atoms with Crippen molar-refractivity contribution in [3.8, 4) is 11.3 Å². The van der Waals surface area contributed by atoms with Crippen LogP contribution in [0, 0.1) is 11.7 Å². The Morgan fingerprint density at radius 1 is 1.19 bits per heavy atom. The molecule has 2 N–H and O–H groups in total. The van der Waals surface area contributed by atoms with Gasteiger partial charge in [0, 0.05) is 51.1 Å². The first kappa shape index (κ1) is 17.5. The second-order valence-corrected chi connectivity index (χ2v) is 6.81. The molecular weight excluding hydrogens is 347 g/mol. The molecule has 1 fully saturated rings. The Morgan fingerprint density at radius 2 is 1.93 bits per heavy atom. The maximum Gasteiger partial charge on any atom is 0.224 e. The Hall–Kier alpha value is -2.91. The smallest absolute Gasteiger partial charge is 0.224 e. The molecule has 0 radical (unpaired) electrons. The van der Waals surface area contributed by atoms with Crippen molar-refractivity contribution in [2.24, 2.45) is 5.92 Å². The Balaban J connectivity index is 1.47. The first-order valence-electron chi connectivity index (χ1n) is 8.74. The summed E-state index contributed by atoms with van der Waals surface area (Å²) >= 11 is 0. The summed E-state index contributed by atoms with van der Waals surface area (Å²) < 4.78 is 15.0. The lowest BCUT2D eigenvalue weighted by atomic mass is 9.95. The number of anilines is 1. The van der Waals surface area contributed by atoms with Crippen molar-refractivity contribution in [1.82, 2.24) is 35.8 Å². The third kappa shape index (κ3) is 3.79. The Labute approximate surface area is 156 Å². The molecule has 1 saturated heterocycles. The van der Waals surface area contributed by atoms with Crippen LogP contribution in [0.2, 0.25) is 0 Å². The first-order chi connectivity index (χ1) is 13.1. The summed E-state index contributed by atoms with van der Waals surface area (Å²) in [4.78, 5) is 10.5. The lowest BCUT2D eigenvalue weighted by Crippen LogP contribution is -2.25. The molecule has 1 aliphatic rings. The highest BCUT2D eigenvalue weighted by molar-refractivity contribution is 5.55. The number of benzene rings is 1. The summed E-state index contributed by atoms with van der Waals surface area (Å²) in [7, 11) is 3.79. The maximum absolute atomic E-state index is 13.2. The quantitative estimate of drug-likeness (QED) is 0.704. The van der Waals surface area contributed by atoms with Crippen molar-refractivity contribution in [3.05, 3.63) is 54.2 Å². The fourth-order valence-electron chi connectivity index (χ4n) is 3.18. The molecule has 2 unspecified atom stereocenters. The topological polar surface area (TPSA) is 83.8 Å². The van der Waals surface area contributed by atoms with Crippen molar-refractivity contribution >= 4 is 5.95 Å². The first-order valence-corrected chi connectivity index (χ1v) is 8.74. The molecule has 3 aromatic rings. The van der Waals surface area contributed by atoms with Crippen molar-refractivity contribution in [2.75, 3.05) is 25.5 Å². The number of hydrogen-bond donors (Lipinski definition) is 2. The molecule has 8 nitrogen and oxygen atoms in total. The van der Waals surface area contributed by atoms with Gasteiger partial charge in [-0.15, -0.1) is 5.10 Å². The third-order valence-corrected chi connectivity index (χ3v) is 4.62. The Morgan fingerprint density at radius 3 is 2.63 bits per heavy atom. The van der Waals surface area contributed by atoms with Gasteiger partial charge in [-0.3, -0.25) is 10.1 Å². The van der Waals surface area contributed by atoms with Crippen LogP contribution < -0.4 is 15.8 Å². The minimum Gasteiger partial charge on any atom is -0.347 e. The van der Waals surface area contributed by atoms with E-state index in [0.717, 1.165) is 23.4 Å². The lowest BCUT2D eigenvalue weighted by Gasteiger charge is -2.18. The minimum absolute atomic E-state index is 0.0842. The third-order valence-electron chi connectivity index (χ3n) is 4.62. The van der Waals surface area contributed by atoms with E-state index in [4.69, 9.17) is 0 Å². The summed E-state index contributed by atoms with van der Waals surface area (Å²) in [6.07, 6.45) is 5.39. The standard InChI is InChI=1S/C18H21FN8/c1-26(2)18-20-7-13(8-21-18)16-11-27(25-23-16)10-14-9-22-24-17(14)12-3-5-15(19)6-4-12/h3-8,11,14,17,22,24H,9-10H2,1-2H3. The second-order valence-electron chi connectivity index (χ2n) is 6.81. The molecule has 27 heavy (non-hydrogen) atoms. The van der Waals surface area contributed by atoms with Crippen LogP contribution in [0.1, 0.15) is 11.6 Å². The molecule has 1 aliphatic heterocycles. The number of hydrogen-bond acceptors (Lipinski definition) is 7. The van der Waals surface area contributed by atoms with Gasteiger partial charge in [0.15, 0.2) is 0 Å². The Bertz CT molecular complexity index is 890. The van der Waals surface area contributed by atoms with Gasteiger partial charge in [-0.25, -0.2) is 19.8 Å². The molecule has 2 atom stereocenters. The van der Waals surface area contributed by atoms with Gasteiger partial charge in [0.2, 0.25) is 5.95 Å². The highest BCUT2D eigenvalue weighted by atomic mass is 19.1. The van der Waals surface area contributed by atoms with E-state index in [1.807, 2.05) is 42.0 Å². The zero-order valence-corrected chi connectivity index (χ0v) is 15.2. The van der Waals surface area contributed by atoms with Gasteiger partial charge in [-0.1, -0.05) is 17.3 Å². The maximum atomic E-state index is 13.2. The molecule has 4 rings (SSSR count). The summed E-state index contributed by atoms with van der Waals surface area (Å²) in [5.41, 5.74) is 9.04. The second kappa shape index (κ2) is 7.37. The van der Waals surface area contributed by atoms with Crippen LogP contribution in [0.15, 0.2) is 42.9 Å². The highest BCUT2D eigenvalue weighted by Gasteiger charge is 2.29. The van der Waals surface area contributed by atoms with Gasteiger partial charge in [-0.05, 0) is 17.7 Å². The summed E-state index contributed by atoms with van der Waals surface area (Å²) in [5.74, 6) is 0.679. The van der Waals surface area contributed by atoms with Gasteiger partial charge in [0.05, 0.1) is 12.2 Å². The molecule has 1 aromatic carbocycles.